The molecule has 3 aliphatic rings. The van der Waals surface area contributed by atoms with E-state index in [1.165, 1.54) is 77.5 Å². The van der Waals surface area contributed by atoms with Gasteiger partial charge in [0.25, 0.3) is 0 Å². The van der Waals surface area contributed by atoms with Crippen molar-refractivity contribution in [3.05, 3.63) is 251 Å². The van der Waals surface area contributed by atoms with Gasteiger partial charge in [-0.25, -0.2) is 0 Å². The Bertz CT molecular complexity index is 2980. The zero-order valence-electron chi connectivity index (χ0n) is 30.0. The molecule has 2 aliphatic carbocycles. The van der Waals surface area contributed by atoms with E-state index < -0.39 is 10.8 Å². The Morgan fingerprint density at radius 1 is 0.327 bits per heavy atom. The van der Waals surface area contributed by atoms with Gasteiger partial charge in [-0.15, -0.1) is 0 Å². The van der Waals surface area contributed by atoms with Crippen LogP contribution in [0.3, 0.4) is 0 Å². The third-order valence-electron chi connectivity index (χ3n) is 12.6. The minimum absolute atomic E-state index is 0.513. The van der Waals surface area contributed by atoms with Gasteiger partial charge in [-0.05, 0) is 84.1 Å². The Morgan fingerprint density at radius 2 is 0.891 bits per heavy atom. The summed E-state index contributed by atoms with van der Waals surface area (Å²) in [6.45, 7) is 0. The van der Waals surface area contributed by atoms with E-state index in [-0.39, 0.29) is 0 Å². The van der Waals surface area contributed by atoms with Gasteiger partial charge in [0.1, 0.15) is 11.5 Å². The number of hydrogen-bond donors (Lipinski definition) is 0. The van der Waals surface area contributed by atoms with Crippen LogP contribution in [0.25, 0.3) is 44.2 Å². The number of rotatable bonds is 3. The summed E-state index contributed by atoms with van der Waals surface area (Å²) in [4.78, 5) is 0. The summed E-state index contributed by atoms with van der Waals surface area (Å²) in [7, 11) is 0. The number of ether oxygens (including phenoxy) is 1. The Labute approximate surface area is 320 Å². The van der Waals surface area contributed by atoms with Crippen LogP contribution < -0.4 is 4.74 Å². The van der Waals surface area contributed by atoms with Crippen LogP contribution in [-0.4, -0.2) is 0 Å². The van der Waals surface area contributed by atoms with Gasteiger partial charge in [0.05, 0.1) is 10.8 Å². The van der Waals surface area contributed by atoms with E-state index in [0.717, 1.165) is 22.6 Å². The van der Waals surface area contributed by atoms with Crippen LogP contribution in [0.2, 0.25) is 0 Å². The molecule has 0 amide bonds. The molecule has 0 radical (unpaired) electrons. The normalized spacial score (nSPS) is 16.4. The molecule has 9 aromatic rings. The van der Waals surface area contributed by atoms with Crippen molar-refractivity contribution in [2.45, 2.75) is 10.8 Å². The van der Waals surface area contributed by atoms with Gasteiger partial charge >= 0.3 is 0 Å². The molecule has 1 atom stereocenters. The molecule has 1 heterocycles. The van der Waals surface area contributed by atoms with E-state index in [2.05, 4.69) is 206 Å². The van der Waals surface area contributed by atoms with Crippen LogP contribution in [0.5, 0.6) is 11.5 Å². The summed E-state index contributed by atoms with van der Waals surface area (Å²) in [6.07, 6.45) is 0. The van der Waals surface area contributed by atoms with Gasteiger partial charge in [0, 0.05) is 16.7 Å². The molecule has 0 fully saturated rings. The third kappa shape index (κ3) is 3.87. The summed E-state index contributed by atoms with van der Waals surface area (Å²) in [6, 6.07) is 76.1. The lowest BCUT2D eigenvalue weighted by atomic mass is 9.65. The van der Waals surface area contributed by atoms with Crippen molar-refractivity contribution < 1.29 is 4.74 Å². The fourth-order valence-electron chi connectivity index (χ4n) is 10.5. The monoisotopic (exact) mass is 698 g/mol. The van der Waals surface area contributed by atoms with Crippen LogP contribution in [0.4, 0.5) is 0 Å². The largest absolute Gasteiger partial charge is 0.456 e. The molecule has 0 saturated heterocycles. The van der Waals surface area contributed by atoms with E-state index in [9.17, 15) is 0 Å². The standard InChI is InChI=1S/C54H34O/c1-2-18-37(19-3-1)53(46-28-11-8-24-43(46)51-39-21-5-4-16-35(39)32-33-48(51)53)38-20-14-17-36(34-38)40-25-15-30-49-52(40)55-50-31-13-12-29-47(50)54(49)44-26-9-6-22-41(44)42-23-7-10-27-45(42)54/h1-34H. The first-order valence-corrected chi connectivity index (χ1v) is 19.2. The average molecular weight is 699 g/mol. The highest BCUT2D eigenvalue weighted by atomic mass is 16.5. The third-order valence-corrected chi connectivity index (χ3v) is 12.6. The maximum atomic E-state index is 7.12. The van der Waals surface area contributed by atoms with Crippen molar-refractivity contribution in [2.24, 2.45) is 0 Å². The zero-order chi connectivity index (χ0) is 36.1. The second-order valence-electron chi connectivity index (χ2n) is 15.1. The quantitative estimate of drug-likeness (QED) is 0.178. The summed E-state index contributed by atoms with van der Waals surface area (Å²) >= 11 is 0. The van der Waals surface area contributed by atoms with E-state index >= 15 is 0 Å². The molecule has 0 aromatic heterocycles. The van der Waals surface area contributed by atoms with Crippen molar-refractivity contribution >= 4 is 10.8 Å². The first-order chi connectivity index (χ1) is 27.3. The average Bonchev–Trinajstić information content (AvgIpc) is 3.73. The van der Waals surface area contributed by atoms with Gasteiger partial charge in [0.2, 0.25) is 0 Å². The smallest absolute Gasteiger partial charge is 0.140 e. The molecule has 12 rings (SSSR count). The SMILES string of the molecule is c1ccc(C2(c3cccc(-c4cccc5c4Oc4ccccc4C54c5ccccc5-c5ccccc54)c3)c3ccccc3-c3c2ccc2ccccc32)cc1. The van der Waals surface area contributed by atoms with Crippen LogP contribution in [0, 0.1) is 0 Å². The molecule has 0 saturated carbocycles. The van der Waals surface area contributed by atoms with Gasteiger partial charge in [-0.1, -0.05) is 194 Å². The Balaban J connectivity index is 1.14. The Kier molecular flexibility index (Phi) is 6.25. The van der Waals surface area contributed by atoms with Crippen molar-refractivity contribution in [1.29, 1.82) is 0 Å². The lowest BCUT2D eigenvalue weighted by Crippen LogP contribution is -2.32. The fourth-order valence-corrected chi connectivity index (χ4v) is 10.5. The summed E-state index contributed by atoms with van der Waals surface area (Å²) in [5.41, 5.74) is 16.4. The van der Waals surface area contributed by atoms with Gasteiger partial charge in [-0.2, -0.15) is 0 Å². The van der Waals surface area contributed by atoms with Gasteiger partial charge in [0.15, 0.2) is 0 Å². The summed E-state index contributed by atoms with van der Waals surface area (Å²) in [5.74, 6) is 1.81. The molecule has 0 bridgehead atoms. The highest BCUT2D eigenvalue weighted by Gasteiger charge is 2.52. The number of hydrogen-bond acceptors (Lipinski definition) is 1. The second-order valence-corrected chi connectivity index (χ2v) is 15.1. The molecule has 55 heavy (non-hydrogen) atoms. The highest BCUT2D eigenvalue weighted by molar-refractivity contribution is 6.04. The first kappa shape index (κ1) is 30.5. The zero-order valence-corrected chi connectivity index (χ0v) is 30.0. The van der Waals surface area contributed by atoms with Crippen LogP contribution in [-0.2, 0) is 10.8 Å². The molecular formula is C54H34O. The van der Waals surface area contributed by atoms with Crippen molar-refractivity contribution in [3.8, 4) is 44.9 Å². The predicted octanol–water partition coefficient (Wildman–Crippen LogP) is 13.3. The van der Waals surface area contributed by atoms with Crippen LogP contribution >= 0.6 is 0 Å². The van der Waals surface area contributed by atoms with Crippen molar-refractivity contribution in [2.75, 3.05) is 0 Å². The Hall–Kier alpha value is -6.96. The summed E-state index contributed by atoms with van der Waals surface area (Å²) in [5, 5.41) is 2.54. The van der Waals surface area contributed by atoms with E-state index in [0.29, 0.717) is 0 Å². The number of para-hydroxylation sites is 2. The van der Waals surface area contributed by atoms with E-state index in [4.69, 9.17) is 4.74 Å². The molecule has 1 unspecified atom stereocenters. The van der Waals surface area contributed by atoms with Crippen molar-refractivity contribution in [3.63, 3.8) is 0 Å². The molecule has 1 aliphatic heterocycles. The van der Waals surface area contributed by atoms with E-state index in [1.807, 2.05) is 0 Å². The molecule has 1 spiro atoms. The number of benzene rings is 9. The fraction of sp³-hybridized carbons (Fsp3) is 0.0370. The topological polar surface area (TPSA) is 9.23 Å². The van der Waals surface area contributed by atoms with Crippen LogP contribution in [0.15, 0.2) is 206 Å². The molecular weight excluding hydrogens is 665 g/mol. The number of fused-ring (bicyclic) bond motifs is 14. The Morgan fingerprint density at radius 3 is 1.67 bits per heavy atom. The predicted molar refractivity (Wildman–Crippen MR) is 224 cm³/mol. The molecule has 1 heteroatoms. The minimum atomic E-state index is -0.528. The minimum Gasteiger partial charge on any atom is -0.456 e. The molecule has 256 valence electrons. The maximum absolute atomic E-state index is 7.12. The molecule has 9 aromatic carbocycles. The lowest BCUT2D eigenvalue weighted by Gasteiger charge is -2.40. The maximum Gasteiger partial charge on any atom is 0.140 e. The lowest BCUT2D eigenvalue weighted by molar-refractivity contribution is 0.438. The molecule has 0 N–H and O–H groups in total. The van der Waals surface area contributed by atoms with Crippen LogP contribution in [0.1, 0.15) is 44.5 Å². The van der Waals surface area contributed by atoms with E-state index in [1.54, 1.807) is 0 Å². The van der Waals surface area contributed by atoms with Gasteiger partial charge < -0.3 is 4.74 Å². The van der Waals surface area contributed by atoms with Gasteiger partial charge in [-0.3, -0.25) is 0 Å². The second kappa shape index (κ2) is 11.3. The molecule has 1 nitrogen and oxygen atoms in total. The highest BCUT2D eigenvalue weighted by Crippen LogP contribution is 2.64. The first-order valence-electron chi connectivity index (χ1n) is 19.2. The van der Waals surface area contributed by atoms with Crippen molar-refractivity contribution in [1.82, 2.24) is 0 Å². The summed E-state index contributed by atoms with van der Waals surface area (Å²) < 4.78 is 7.12.